The zero-order valence-corrected chi connectivity index (χ0v) is 29.0. The van der Waals surface area contributed by atoms with Gasteiger partial charge in [-0.3, -0.25) is 19.4 Å². The third-order valence-corrected chi connectivity index (χ3v) is 10.0. The minimum atomic E-state index is -4.27. The van der Waals surface area contributed by atoms with Crippen molar-refractivity contribution >= 4 is 75.9 Å². The molecular formula is C30H47Cl3N6O6S. The summed E-state index contributed by atoms with van der Waals surface area (Å²) in [4.78, 5) is 41.6. The Labute approximate surface area is 289 Å². The highest BCUT2D eigenvalue weighted by molar-refractivity contribution is 7.89. The molecule has 1 unspecified atom stereocenters. The highest BCUT2D eigenvalue weighted by Gasteiger charge is 2.28. The van der Waals surface area contributed by atoms with Gasteiger partial charge in [0.1, 0.15) is 10.9 Å². The van der Waals surface area contributed by atoms with E-state index in [4.69, 9.17) is 0 Å². The highest BCUT2D eigenvalue weighted by Crippen LogP contribution is 2.27. The maximum atomic E-state index is 13.2. The van der Waals surface area contributed by atoms with Crippen molar-refractivity contribution in [3.63, 3.8) is 0 Å². The summed E-state index contributed by atoms with van der Waals surface area (Å²) >= 11 is 0. The Morgan fingerprint density at radius 3 is 2.00 bits per heavy atom. The van der Waals surface area contributed by atoms with Crippen molar-refractivity contribution in [3.05, 3.63) is 36.5 Å². The minimum Gasteiger partial charge on any atom is -0.480 e. The van der Waals surface area contributed by atoms with E-state index < -0.39 is 34.5 Å². The molecule has 2 aliphatic rings. The summed E-state index contributed by atoms with van der Waals surface area (Å²) in [5, 5.41) is 22.2. The Bertz CT molecular complexity index is 1330. The van der Waals surface area contributed by atoms with E-state index in [0.717, 1.165) is 77.5 Å². The zero-order chi connectivity index (χ0) is 30.7. The van der Waals surface area contributed by atoms with Crippen LogP contribution in [0, 0.1) is 17.8 Å². The number of rotatable bonds is 15. The van der Waals surface area contributed by atoms with Crippen LogP contribution >= 0.6 is 37.2 Å². The first-order valence-electron chi connectivity index (χ1n) is 15.3. The van der Waals surface area contributed by atoms with Crippen molar-refractivity contribution in [2.24, 2.45) is 17.8 Å². The number of benzene rings is 1. The molecule has 4 rings (SSSR count). The van der Waals surface area contributed by atoms with Crippen molar-refractivity contribution in [2.45, 2.75) is 62.3 Å². The number of aromatic nitrogens is 1. The molecule has 0 aliphatic carbocycles. The van der Waals surface area contributed by atoms with Gasteiger partial charge in [-0.15, -0.1) is 37.2 Å². The van der Waals surface area contributed by atoms with Crippen molar-refractivity contribution in [1.82, 2.24) is 31.0 Å². The van der Waals surface area contributed by atoms with Crippen LogP contribution in [0.2, 0.25) is 0 Å². The number of hydrogen-bond donors (Lipinski definition) is 6. The Kier molecular flexibility index (Phi) is 18.9. The maximum absolute atomic E-state index is 13.2. The fourth-order valence-electron chi connectivity index (χ4n) is 5.93. The molecule has 2 aromatic rings. The molecule has 6 N–H and O–H groups in total. The van der Waals surface area contributed by atoms with Crippen LogP contribution < -0.4 is 26.0 Å². The van der Waals surface area contributed by atoms with E-state index in [1.54, 1.807) is 24.3 Å². The lowest BCUT2D eigenvalue weighted by molar-refractivity contribution is -0.139. The van der Waals surface area contributed by atoms with Crippen molar-refractivity contribution in [3.8, 4) is 0 Å². The van der Waals surface area contributed by atoms with Crippen molar-refractivity contribution in [2.75, 3.05) is 39.3 Å². The number of amides is 2. The number of halogens is 3. The van der Waals surface area contributed by atoms with Crippen LogP contribution in [0.25, 0.3) is 10.9 Å². The van der Waals surface area contributed by atoms with Gasteiger partial charge in [-0.05, 0) is 102 Å². The zero-order valence-electron chi connectivity index (χ0n) is 25.7. The molecule has 2 amide bonds. The third-order valence-electron chi connectivity index (χ3n) is 8.54. The van der Waals surface area contributed by atoms with E-state index in [2.05, 4.69) is 31.0 Å². The van der Waals surface area contributed by atoms with Crippen molar-refractivity contribution < 1.29 is 27.9 Å². The fourth-order valence-corrected chi connectivity index (χ4v) is 7.30. The van der Waals surface area contributed by atoms with E-state index in [-0.39, 0.29) is 66.0 Å². The number of nitrogens with one attached hydrogen (secondary N) is 5. The summed E-state index contributed by atoms with van der Waals surface area (Å²) in [5.41, 5.74) is 0.211. The van der Waals surface area contributed by atoms with E-state index in [1.165, 1.54) is 12.3 Å². The van der Waals surface area contributed by atoms with Gasteiger partial charge in [0.25, 0.3) is 0 Å². The number of carboxylic acid groups (broad SMARTS) is 1. The fraction of sp³-hybridized carbons (Fsp3) is 0.600. The number of carboxylic acids is 1. The molecule has 12 nitrogen and oxygen atoms in total. The Morgan fingerprint density at radius 2 is 1.43 bits per heavy atom. The molecule has 2 fully saturated rings. The van der Waals surface area contributed by atoms with Crippen LogP contribution in [0.5, 0.6) is 0 Å². The lowest BCUT2D eigenvalue weighted by Crippen LogP contribution is -2.50. The number of fused-ring (bicyclic) bond motifs is 1. The summed E-state index contributed by atoms with van der Waals surface area (Å²) in [7, 11) is -4.27. The largest absolute Gasteiger partial charge is 0.480 e. The van der Waals surface area contributed by atoms with Gasteiger partial charge in [0.05, 0.1) is 12.1 Å². The first kappa shape index (κ1) is 41.8. The number of aliphatic carboxylic acids is 1. The summed E-state index contributed by atoms with van der Waals surface area (Å²) in [6.45, 7) is 3.21. The topological polar surface area (TPSA) is 179 Å². The predicted octanol–water partition coefficient (Wildman–Crippen LogP) is 2.64. The monoisotopic (exact) mass is 724 g/mol. The second-order valence-corrected chi connectivity index (χ2v) is 13.3. The third kappa shape index (κ3) is 12.7. The van der Waals surface area contributed by atoms with E-state index in [1.807, 2.05) is 0 Å². The molecule has 0 radical (unpaired) electrons. The van der Waals surface area contributed by atoms with Gasteiger partial charge in [-0.25, -0.2) is 8.42 Å². The number of nitrogens with zero attached hydrogens (tertiary/aromatic N) is 1. The standard InChI is InChI=1S/C30H44N6O6S.3ClH/c37-27(34-19-25(30(39)40)36-43(41,42)26-5-1-3-23-4-2-14-33-28(23)26)20-35-29(38)24(8-6-21-10-15-31-16-11-21)9-7-22-12-17-32-18-13-22;;;/h1-5,14,21-22,24-25,31-32,36H,6-13,15-20H2,(H,34,37)(H,35,38)(H,39,40);3*1H. The predicted molar refractivity (Wildman–Crippen MR) is 184 cm³/mol. The Balaban J connectivity index is 0.00000353. The summed E-state index contributed by atoms with van der Waals surface area (Å²) in [5.74, 6) is -1.21. The number of carbonyl (C=O) groups excluding carboxylic acids is 2. The highest BCUT2D eigenvalue weighted by atomic mass is 35.5. The molecular weight excluding hydrogens is 679 g/mol. The van der Waals surface area contributed by atoms with Gasteiger partial charge in [0, 0.05) is 24.0 Å². The van der Waals surface area contributed by atoms with Crippen LogP contribution in [0.4, 0.5) is 0 Å². The molecule has 16 heteroatoms. The maximum Gasteiger partial charge on any atom is 0.323 e. The van der Waals surface area contributed by atoms with Gasteiger partial charge in [-0.1, -0.05) is 18.2 Å². The molecule has 0 saturated carbocycles. The molecule has 1 aromatic carbocycles. The van der Waals surface area contributed by atoms with Gasteiger partial charge >= 0.3 is 5.97 Å². The number of carbonyl (C=O) groups is 3. The lowest BCUT2D eigenvalue weighted by Gasteiger charge is -2.27. The summed E-state index contributed by atoms with van der Waals surface area (Å²) < 4.78 is 28.3. The van der Waals surface area contributed by atoms with Crippen LogP contribution in [0.1, 0.15) is 51.4 Å². The minimum absolute atomic E-state index is 0. The molecule has 2 aliphatic heterocycles. The molecule has 3 heterocycles. The number of sulfonamides is 1. The van der Waals surface area contributed by atoms with E-state index in [0.29, 0.717) is 17.2 Å². The molecule has 0 spiro atoms. The average Bonchev–Trinajstić information content (AvgIpc) is 3.02. The quantitative estimate of drug-likeness (QED) is 0.161. The van der Waals surface area contributed by atoms with Crippen LogP contribution in [0.3, 0.4) is 0 Å². The van der Waals surface area contributed by atoms with Crippen LogP contribution in [0.15, 0.2) is 41.4 Å². The number of para-hydroxylation sites is 1. The molecule has 1 aromatic heterocycles. The van der Waals surface area contributed by atoms with Gasteiger partial charge < -0.3 is 26.4 Å². The number of piperidine rings is 2. The van der Waals surface area contributed by atoms with Crippen LogP contribution in [-0.4, -0.2) is 81.6 Å². The van der Waals surface area contributed by atoms with E-state index in [9.17, 15) is 27.9 Å². The Morgan fingerprint density at radius 1 is 0.870 bits per heavy atom. The molecule has 260 valence electrons. The normalized spacial score (nSPS) is 16.4. The first-order chi connectivity index (χ1) is 20.7. The van der Waals surface area contributed by atoms with Crippen LogP contribution in [-0.2, 0) is 24.4 Å². The van der Waals surface area contributed by atoms with Crippen molar-refractivity contribution in [1.29, 1.82) is 0 Å². The van der Waals surface area contributed by atoms with Gasteiger partial charge in [0.2, 0.25) is 21.8 Å². The van der Waals surface area contributed by atoms with Gasteiger partial charge in [-0.2, -0.15) is 4.72 Å². The number of pyridine rings is 1. The number of hydrogen-bond acceptors (Lipinski definition) is 8. The molecule has 2 saturated heterocycles. The molecule has 46 heavy (non-hydrogen) atoms. The lowest BCUT2D eigenvalue weighted by atomic mass is 9.84. The Hall–Kier alpha value is -2.26. The SMILES string of the molecule is Cl.Cl.Cl.O=C(CNC(=O)C(CCC1CCNCC1)CCC1CCNCC1)NCC(NS(=O)(=O)c1cccc2cccnc12)C(=O)O. The summed E-state index contributed by atoms with van der Waals surface area (Å²) in [6, 6.07) is 6.35. The smallest absolute Gasteiger partial charge is 0.323 e. The molecule has 0 bridgehead atoms. The molecule has 1 atom stereocenters. The average molecular weight is 726 g/mol. The summed E-state index contributed by atoms with van der Waals surface area (Å²) in [6.07, 6.45) is 9.38. The first-order valence-corrected chi connectivity index (χ1v) is 16.8. The van der Waals surface area contributed by atoms with Gasteiger partial charge in [0.15, 0.2) is 0 Å². The second kappa shape index (κ2) is 20.9. The van der Waals surface area contributed by atoms with E-state index >= 15 is 0 Å². The second-order valence-electron chi connectivity index (χ2n) is 11.6.